The molecule has 90 valence electrons. The summed E-state index contributed by atoms with van der Waals surface area (Å²) in [6, 6.07) is 0. The smallest absolute Gasteiger partial charge is 0.358 e. The molecular formula is C8H9BrN6O2. The average Bonchev–Trinajstić information content (AvgIpc) is 2.85. The lowest BCUT2D eigenvalue weighted by atomic mass is 10.5. The molecule has 0 saturated carbocycles. The molecule has 1 N–H and O–H groups in total. The number of nitrogens with one attached hydrogen (secondary N) is 1. The normalized spacial score (nSPS) is 10.7. The lowest BCUT2D eigenvalue weighted by molar-refractivity contribution is -0.390. The van der Waals surface area contributed by atoms with E-state index < -0.39 is 4.92 Å². The first-order chi connectivity index (χ1) is 8.10. The van der Waals surface area contributed by atoms with Gasteiger partial charge in [0, 0.05) is 6.42 Å². The maximum atomic E-state index is 10.6. The van der Waals surface area contributed by atoms with E-state index in [1.54, 1.807) is 0 Å². The molecule has 17 heavy (non-hydrogen) atoms. The highest BCUT2D eigenvalue weighted by Gasteiger charge is 2.19. The molecule has 0 atom stereocenters. The average molecular weight is 301 g/mol. The van der Waals surface area contributed by atoms with Crippen LogP contribution in [0.25, 0.3) is 0 Å². The Morgan fingerprint density at radius 3 is 2.94 bits per heavy atom. The van der Waals surface area contributed by atoms with Crippen LogP contribution in [0.15, 0.2) is 10.7 Å². The standard InChI is InChI=1S/C8H9BrN6O2/c1-2-6-10-7(12-11-6)4-14-3-5(9)8(13-14)15(16)17/h3H,2,4H2,1H3,(H,10,11,12). The van der Waals surface area contributed by atoms with Crippen molar-refractivity contribution in [3.8, 4) is 0 Å². The molecule has 2 rings (SSSR count). The van der Waals surface area contributed by atoms with Gasteiger partial charge in [0.15, 0.2) is 5.82 Å². The number of halogens is 1. The highest BCUT2D eigenvalue weighted by Crippen LogP contribution is 2.22. The molecule has 9 heteroatoms. The van der Waals surface area contributed by atoms with E-state index in [4.69, 9.17) is 0 Å². The van der Waals surface area contributed by atoms with Gasteiger partial charge in [-0.05, 0) is 20.9 Å². The molecule has 0 aliphatic carbocycles. The van der Waals surface area contributed by atoms with Gasteiger partial charge in [0.25, 0.3) is 0 Å². The number of H-pyrrole nitrogens is 1. The minimum Gasteiger partial charge on any atom is -0.358 e. The number of nitrogens with zero attached hydrogens (tertiary/aromatic N) is 5. The van der Waals surface area contributed by atoms with E-state index in [1.165, 1.54) is 10.9 Å². The second-order valence-corrected chi connectivity index (χ2v) is 4.16. The SMILES string of the molecule is CCc1n[nH]c(Cn2cc(Br)c([N+](=O)[O-])n2)n1. The van der Waals surface area contributed by atoms with E-state index in [-0.39, 0.29) is 5.82 Å². The summed E-state index contributed by atoms with van der Waals surface area (Å²) in [5.41, 5.74) is 0. The highest BCUT2D eigenvalue weighted by molar-refractivity contribution is 9.10. The monoisotopic (exact) mass is 300 g/mol. The third kappa shape index (κ3) is 2.49. The number of aryl methyl sites for hydroxylation is 1. The largest absolute Gasteiger partial charge is 0.404 e. The van der Waals surface area contributed by atoms with Crippen molar-refractivity contribution in [2.24, 2.45) is 0 Å². The Balaban J connectivity index is 2.18. The second-order valence-electron chi connectivity index (χ2n) is 3.31. The summed E-state index contributed by atoms with van der Waals surface area (Å²) in [6.07, 6.45) is 2.27. The summed E-state index contributed by atoms with van der Waals surface area (Å²) in [5, 5.41) is 21.2. The van der Waals surface area contributed by atoms with Gasteiger partial charge in [-0.1, -0.05) is 6.92 Å². The van der Waals surface area contributed by atoms with Crippen LogP contribution >= 0.6 is 15.9 Å². The van der Waals surface area contributed by atoms with Gasteiger partial charge in [0.1, 0.15) is 16.8 Å². The number of nitro groups is 1. The molecule has 0 amide bonds. The summed E-state index contributed by atoms with van der Waals surface area (Å²) >= 11 is 3.08. The van der Waals surface area contributed by atoms with Crippen molar-refractivity contribution in [2.45, 2.75) is 19.9 Å². The molecule has 0 saturated heterocycles. The quantitative estimate of drug-likeness (QED) is 0.677. The van der Waals surface area contributed by atoms with E-state index >= 15 is 0 Å². The first-order valence-corrected chi connectivity index (χ1v) is 5.67. The van der Waals surface area contributed by atoms with E-state index in [1.807, 2.05) is 6.92 Å². The van der Waals surface area contributed by atoms with Crippen molar-refractivity contribution < 1.29 is 4.92 Å². The molecule has 0 radical (unpaired) electrons. The topological polar surface area (TPSA) is 103 Å². The fraction of sp³-hybridized carbons (Fsp3) is 0.375. The Bertz CT molecular complexity index is 548. The van der Waals surface area contributed by atoms with Gasteiger partial charge >= 0.3 is 5.82 Å². The van der Waals surface area contributed by atoms with Gasteiger partial charge in [0.2, 0.25) is 0 Å². The molecule has 2 heterocycles. The van der Waals surface area contributed by atoms with Crippen molar-refractivity contribution in [2.75, 3.05) is 0 Å². The number of aromatic amines is 1. The highest BCUT2D eigenvalue weighted by atomic mass is 79.9. The molecule has 0 spiro atoms. The molecular weight excluding hydrogens is 292 g/mol. The van der Waals surface area contributed by atoms with Crippen molar-refractivity contribution in [1.29, 1.82) is 0 Å². The number of aromatic nitrogens is 5. The molecule has 0 fully saturated rings. The van der Waals surface area contributed by atoms with Gasteiger partial charge in [0.05, 0.1) is 11.3 Å². The van der Waals surface area contributed by atoms with Crippen LogP contribution < -0.4 is 0 Å². The fourth-order valence-corrected chi connectivity index (χ4v) is 1.77. The van der Waals surface area contributed by atoms with Gasteiger partial charge in [-0.2, -0.15) is 9.78 Å². The van der Waals surface area contributed by atoms with E-state index in [0.29, 0.717) is 22.7 Å². The Labute approximate surface area is 104 Å². The Kier molecular flexibility index (Phi) is 3.18. The number of rotatable bonds is 4. The maximum Gasteiger partial charge on any atom is 0.404 e. The van der Waals surface area contributed by atoms with E-state index in [9.17, 15) is 10.1 Å². The van der Waals surface area contributed by atoms with Crippen LogP contribution in [0.5, 0.6) is 0 Å². The van der Waals surface area contributed by atoms with Gasteiger partial charge in [-0.3, -0.25) is 5.10 Å². The summed E-state index contributed by atoms with van der Waals surface area (Å²) in [4.78, 5) is 14.3. The van der Waals surface area contributed by atoms with E-state index in [2.05, 4.69) is 36.2 Å². The first-order valence-electron chi connectivity index (χ1n) is 4.87. The third-order valence-corrected chi connectivity index (χ3v) is 2.64. The van der Waals surface area contributed by atoms with Crippen molar-refractivity contribution >= 4 is 21.7 Å². The molecule has 0 unspecified atom stereocenters. The van der Waals surface area contributed by atoms with Gasteiger partial charge in [-0.25, -0.2) is 4.98 Å². The third-order valence-electron chi connectivity index (χ3n) is 2.08. The van der Waals surface area contributed by atoms with Crippen LogP contribution in [0.2, 0.25) is 0 Å². The minimum atomic E-state index is -0.543. The molecule has 0 aromatic carbocycles. The number of hydrogen-bond donors (Lipinski definition) is 1. The zero-order valence-electron chi connectivity index (χ0n) is 8.92. The molecule has 0 bridgehead atoms. The van der Waals surface area contributed by atoms with Crippen LogP contribution in [-0.4, -0.2) is 29.9 Å². The zero-order valence-corrected chi connectivity index (χ0v) is 10.5. The van der Waals surface area contributed by atoms with Crippen LogP contribution in [-0.2, 0) is 13.0 Å². The molecule has 8 nitrogen and oxygen atoms in total. The lowest BCUT2D eigenvalue weighted by Gasteiger charge is -1.90. The number of hydrogen-bond acceptors (Lipinski definition) is 5. The van der Waals surface area contributed by atoms with Crippen molar-refractivity contribution in [3.63, 3.8) is 0 Å². The minimum absolute atomic E-state index is 0.208. The summed E-state index contributed by atoms with van der Waals surface area (Å²) < 4.78 is 1.78. The van der Waals surface area contributed by atoms with Crippen LogP contribution in [0.3, 0.4) is 0 Å². The van der Waals surface area contributed by atoms with Crippen LogP contribution in [0.4, 0.5) is 5.82 Å². The second kappa shape index (κ2) is 4.62. The van der Waals surface area contributed by atoms with Gasteiger partial charge < -0.3 is 10.1 Å². The predicted molar refractivity (Wildman–Crippen MR) is 61.4 cm³/mol. The summed E-state index contributed by atoms with van der Waals surface area (Å²) in [7, 11) is 0. The summed E-state index contributed by atoms with van der Waals surface area (Å²) in [6.45, 7) is 2.27. The fourth-order valence-electron chi connectivity index (χ4n) is 1.31. The van der Waals surface area contributed by atoms with Crippen LogP contribution in [0, 0.1) is 10.1 Å². The Hall–Kier alpha value is -1.77. The molecule has 2 aromatic rings. The molecule has 0 aliphatic rings. The van der Waals surface area contributed by atoms with Crippen molar-refractivity contribution in [3.05, 3.63) is 32.4 Å². The summed E-state index contributed by atoms with van der Waals surface area (Å²) in [5.74, 6) is 1.12. The molecule has 0 aliphatic heterocycles. The lowest BCUT2D eigenvalue weighted by Crippen LogP contribution is -2.03. The van der Waals surface area contributed by atoms with E-state index in [0.717, 1.165) is 6.42 Å². The predicted octanol–water partition coefficient (Wildman–Crippen LogP) is 1.28. The first kappa shape index (κ1) is 11.7. The molecule has 2 aromatic heterocycles. The van der Waals surface area contributed by atoms with Crippen molar-refractivity contribution in [1.82, 2.24) is 25.0 Å². The zero-order chi connectivity index (χ0) is 12.4. The van der Waals surface area contributed by atoms with Crippen LogP contribution in [0.1, 0.15) is 18.6 Å². The van der Waals surface area contributed by atoms with Gasteiger partial charge in [-0.15, -0.1) is 0 Å². The Morgan fingerprint density at radius 2 is 2.41 bits per heavy atom. The Morgan fingerprint density at radius 1 is 1.65 bits per heavy atom. The maximum absolute atomic E-state index is 10.6.